The van der Waals surface area contributed by atoms with Crippen LogP contribution in [0.3, 0.4) is 0 Å². The van der Waals surface area contributed by atoms with Gasteiger partial charge in [-0.15, -0.1) is 0 Å². The van der Waals surface area contributed by atoms with E-state index in [1.54, 1.807) is 41.3 Å². The molecule has 0 aromatic heterocycles. The number of hydrogen-bond acceptors (Lipinski definition) is 4. The number of carbonyl (C=O) groups excluding carboxylic acids is 1. The molecule has 0 spiro atoms. The highest BCUT2D eigenvalue weighted by Gasteiger charge is 2.27. The molecule has 1 saturated heterocycles. The van der Waals surface area contributed by atoms with Gasteiger partial charge < -0.3 is 9.64 Å². The van der Waals surface area contributed by atoms with E-state index in [2.05, 4.69) is 6.07 Å². The van der Waals surface area contributed by atoms with Crippen molar-refractivity contribution in [2.45, 2.75) is 6.04 Å². The second kappa shape index (κ2) is 7.77. The minimum atomic E-state index is -0.451. The van der Waals surface area contributed by atoms with Gasteiger partial charge in [-0.3, -0.25) is 4.90 Å². The molecule has 5 nitrogen and oxygen atoms in total. The van der Waals surface area contributed by atoms with Crippen LogP contribution in [0, 0.1) is 17.1 Å². The molecular weight excluding hydrogens is 321 g/mol. The lowest BCUT2D eigenvalue weighted by atomic mass is 10.1. The van der Waals surface area contributed by atoms with Gasteiger partial charge in [-0.1, -0.05) is 30.3 Å². The summed E-state index contributed by atoms with van der Waals surface area (Å²) in [6, 6.07) is 16.7. The van der Waals surface area contributed by atoms with Gasteiger partial charge in [-0.2, -0.15) is 5.26 Å². The molecular formula is C19H18FN3O2. The van der Waals surface area contributed by atoms with E-state index in [1.807, 2.05) is 11.0 Å². The van der Waals surface area contributed by atoms with Gasteiger partial charge in [-0.25, -0.2) is 9.18 Å². The van der Waals surface area contributed by atoms with Crippen molar-refractivity contribution >= 4 is 6.09 Å². The normalized spacial score (nSPS) is 16.1. The molecule has 1 fully saturated rings. The second-order valence-corrected chi connectivity index (χ2v) is 5.79. The zero-order chi connectivity index (χ0) is 17.6. The lowest BCUT2D eigenvalue weighted by Crippen LogP contribution is -2.50. The zero-order valence-electron chi connectivity index (χ0n) is 13.6. The largest absolute Gasteiger partial charge is 0.415 e. The molecule has 2 aromatic rings. The third-order valence-electron chi connectivity index (χ3n) is 4.19. The Hall–Kier alpha value is -2.91. The van der Waals surface area contributed by atoms with E-state index in [-0.39, 0.29) is 11.9 Å². The summed E-state index contributed by atoms with van der Waals surface area (Å²) in [5.41, 5.74) is 0.754. The SMILES string of the molecule is N#CC(c1ccc(F)cc1)N1CCN(C(=O)Oc2ccccc2)CC1. The second-order valence-electron chi connectivity index (χ2n) is 5.79. The van der Waals surface area contributed by atoms with Gasteiger partial charge >= 0.3 is 6.09 Å². The number of hydrogen-bond donors (Lipinski definition) is 0. The molecule has 1 aliphatic heterocycles. The molecule has 0 aliphatic carbocycles. The number of ether oxygens (including phenoxy) is 1. The van der Waals surface area contributed by atoms with Crippen molar-refractivity contribution in [1.29, 1.82) is 5.26 Å². The number of piperazine rings is 1. The third kappa shape index (κ3) is 4.14. The summed E-state index contributed by atoms with van der Waals surface area (Å²) in [6.07, 6.45) is -0.388. The van der Waals surface area contributed by atoms with E-state index >= 15 is 0 Å². The Bertz CT molecular complexity index is 750. The number of amides is 1. The summed E-state index contributed by atoms with van der Waals surface area (Å²) in [4.78, 5) is 15.8. The number of halogens is 1. The molecule has 128 valence electrons. The van der Waals surface area contributed by atoms with Gasteiger partial charge in [0.25, 0.3) is 0 Å². The number of rotatable bonds is 3. The van der Waals surface area contributed by atoms with Crippen LogP contribution in [-0.4, -0.2) is 42.1 Å². The average molecular weight is 339 g/mol. The highest BCUT2D eigenvalue weighted by Crippen LogP contribution is 2.22. The molecule has 1 amide bonds. The van der Waals surface area contributed by atoms with Crippen LogP contribution in [0.2, 0.25) is 0 Å². The van der Waals surface area contributed by atoms with Crippen LogP contribution in [0.1, 0.15) is 11.6 Å². The summed E-state index contributed by atoms with van der Waals surface area (Å²) in [5.74, 6) is 0.185. The Kier molecular flexibility index (Phi) is 5.26. The first-order valence-corrected chi connectivity index (χ1v) is 8.08. The molecule has 1 aliphatic rings. The Morgan fingerprint density at radius 1 is 1.04 bits per heavy atom. The summed E-state index contributed by atoms with van der Waals surface area (Å²) in [5, 5.41) is 9.48. The number of benzene rings is 2. The Morgan fingerprint density at radius 2 is 1.68 bits per heavy atom. The summed E-state index contributed by atoms with van der Waals surface area (Å²) in [6.45, 7) is 2.06. The quantitative estimate of drug-likeness (QED) is 0.862. The van der Waals surface area contributed by atoms with Crippen LogP contribution in [-0.2, 0) is 0 Å². The van der Waals surface area contributed by atoms with Crippen molar-refractivity contribution in [2.24, 2.45) is 0 Å². The van der Waals surface area contributed by atoms with Crippen molar-refractivity contribution in [2.75, 3.05) is 26.2 Å². The van der Waals surface area contributed by atoms with E-state index in [1.165, 1.54) is 12.1 Å². The highest BCUT2D eigenvalue weighted by atomic mass is 19.1. The number of nitrogens with zero attached hydrogens (tertiary/aromatic N) is 3. The lowest BCUT2D eigenvalue weighted by molar-refractivity contribution is 0.100. The maximum absolute atomic E-state index is 13.1. The third-order valence-corrected chi connectivity index (χ3v) is 4.19. The Balaban J connectivity index is 1.58. The molecule has 25 heavy (non-hydrogen) atoms. The first-order chi connectivity index (χ1) is 12.2. The van der Waals surface area contributed by atoms with Crippen LogP contribution in [0.15, 0.2) is 54.6 Å². The van der Waals surface area contributed by atoms with Crippen molar-refractivity contribution < 1.29 is 13.9 Å². The van der Waals surface area contributed by atoms with Crippen LogP contribution < -0.4 is 4.74 Å². The van der Waals surface area contributed by atoms with Crippen LogP contribution in [0.25, 0.3) is 0 Å². The fourth-order valence-corrected chi connectivity index (χ4v) is 2.83. The smallest absolute Gasteiger partial charge is 0.410 e. The van der Waals surface area contributed by atoms with E-state index in [0.717, 1.165) is 5.56 Å². The molecule has 6 heteroatoms. The topological polar surface area (TPSA) is 56.6 Å². The van der Waals surface area contributed by atoms with Crippen molar-refractivity contribution in [3.8, 4) is 11.8 Å². The molecule has 0 radical (unpaired) electrons. The molecule has 0 saturated carbocycles. The molecule has 1 atom stereocenters. The minimum Gasteiger partial charge on any atom is -0.410 e. The van der Waals surface area contributed by atoms with E-state index in [0.29, 0.717) is 31.9 Å². The van der Waals surface area contributed by atoms with Crippen molar-refractivity contribution in [1.82, 2.24) is 9.80 Å². The zero-order valence-corrected chi connectivity index (χ0v) is 13.6. The maximum atomic E-state index is 13.1. The van der Waals surface area contributed by atoms with Gasteiger partial charge in [0.1, 0.15) is 17.6 Å². The van der Waals surface area contributed by atoms with Crippen molar-refractivity contribution in [3.05, 3.63) is 66.0 Å². The first-order valence-electron chi connectivity index (χ1n) is 8.08. The Morgan fingerprint density at radius 3 is 2.28 bits per heavy atom. The standard InChI is InChI=1S/C19H18FN3O2/c20-16-8-6-15(7-9-16)18(14-21)22-10-12-23(13-11-22)19(24)25-17-4-2-1-3-5-17/h1-9,18H,10-13H2. The average Bonchev–Trinajstić information content (AvgIpc) is 2.65. The van der Waals surface area contributed by atoms with Crippen LogP contribution >= 0.6 is 0 Å². The van der Waals surface area contributed by atoms with Gasteiger partial charge in [0.2, 0.25) is 0 Å². The highest BCUT2D eigenvalue weighted by molar-refractivity contribution is 5.70. The molecule has 3 rings (SSSR count). The lowest BCUT2D eigenvalue weighted by Gasteiger charge is -2.36. The monoisotopic (exact) mass is 339 g/mol. The molecule has 1 unspecified atom stereocenters. The number of nitriles is 1. The van der Waals surface area contributed by atoms with Gasteiger partial charge in [0.05, 0.1) is 6.07 Å². The molecule has 0 bridgehead atoms. The van der Waals surface area contributed by atoms with Crippen LogP contribution in [0.5, 0.6) is 5.75 Å². The molecule has 0 N–H and O–H groups in total. The minimum absolute atomic E-state index is 0.325. The summed E-state index contributed by atoms with van der Waals surface area (Å²) in [7, 11) is 0. The summed E-state index contributed by atoms with van der Waals surface area (Å²) < 4.78 is 18.4. The van der Waals surface area contributed by atoms with E-state index < -0.39 is 6.04 Å². The maximum Gasteiger partial charge on any atom is 0.415 e. The Labute approximate surface area is 145 Å². The van der Waals surface area contributed by atoms with Crippen molar-refractivity contribution in [3.63, 3.8) is 0 Å². The predicted molar refractivity (Wildman–Crippen MR) is 90.4 cm³/mol. The van der Waals surface area contributed by atoms with Gasteiger partial charge in [-0.05, 0) is 29.8 Å². The van der Waals surface area contributed by atoms with E-state index in [4.69, 9.17) is 4.74 Å². The molecule has 1 heterocycles. The first kappa shape index (κ1) is 16.9. The number of carbonyl (C=O) groups is 1. The predicted octanol–water partition coefficient (Wildman–Crippen LogP) is 3.21. The molecule has 2 aromatic carbocycles. The fourth-order valence-electron chi connectivity index (χ4n) is 2.83. The fraction of sp³-hybridized carbons (Fsp3) is 0.263. The number of para-hydroxylation sites is 1. The van der Waals surface area contributed by atoms with E-state index in [9.17, 15) is 14.4 Å². The summed E-state index contributed by atoms with van der Waals surface area (Å²) >= 11 is 0. The van der Waals surface area contributed by atoms with Gasteiger partial charge in [0, 0.05) is 26.2 Å². The van der Waals surface area contributed by atoms with Gasteiger partial charge in [0.15, 0.2) is 0 Å². The van der Waals surface area contributed by atoms with Crippen LogP contribution in [0.4, 0.5) is 9.18 Å².